The Kier molecular flexibility index (Phi) is 1.93. The molecular weight excluding hydrogens is 147 g/mol. The fourth-order valence-corrected chi connectivity index (χ4v) is 0.635. The van der Waals surface area contributed by atoms with Crippen LogP contribution in [0.1, 0.15) is 16.2 Å². The lowest BCUT2D eigenvalue weighted by Crippen LogP contribution is -1.92. The molecule has 0 N–H and O–H groups in total. The lowest BCUT2D eigenvalue weighted by Gasteiger charge is -1.90. The number of aldehydes is 1. The van der Waals surface area contributed by atoms with Crippen molar-refractivity contribution in [2.45, 2.75) is 0 Å². The van der Waals surface area contributed by atoms with Crippen LogP contribution in [-0.2, 0) is 0 Å². The van der Waals surface area contributed by atoms with Gasteiger partial charge in [0.15, 0.2) is 6.29 Å². The van der Waals surface area contributed by atoms with E-state index < -0.39 is 5.82 Å². The van der Waals surface area contributed by atoms with Crippen molar-refractivity contribution in [3.63, 3.8) is 0 Å². The van der Waals surface area contributed by atoms with Crippen LogP contribution in [0.25, 0.3) is 0 Å². The first-order valence-electron chi connectivity index (χ1n) is 2.79. The zero-order valence-corrected chi connectivity index (χ0v) is 5.41. The fourth-order valence-electron chi connectivity index (χ4n) is 0.635. The first-order valence-corrected chi connectivity index (χ1v) is 2.79. The highest BCUT2D eigenvalue weighted by Crippen LogP contribution is 2.01. The number of pyridine rings is 1. The summed E-state index contributed by atoms with van der Waals surface area (Å²) >= 11 is 0. The van der Waals surface area contributed by atoms with E-state index in [1.54, 1.807) is 6.07 Å². The topological polar surface area (TPSA) is 53.8 Å². The maximum atomic E-state index is 12.5. The number of rotatable bonds is 1. The smallest absolute Gasteiger partial charge is 0.168 e. The molecular formula is C7H3FN2O. The summed E-state index contributed by atoms with van der Waals surface area (Å²) in [7, 11) is 0. The molecule has 1 aromatic heterocycles. The molecule has 3 nitrogen and oxygen atoms in total. The number of hydrogen-bond donors (Lipinski definition) is 0. The lowest BCUT2D eigenvalue weighted by molar-refractivity contribution is 0.111. The van der Waals surface area contributed by atoms with E-state index in [0.717, 1.165) is 12.1 Å². The quantitative estimate of drug-likeness (QED) is 0.559. The van der Waals surface area contributed by atoms with Gasteiger partial charge in [0.05, 0.1) is 0 Å². The predicted molar refractivity (Wildman–Crippen MR) is 34.3 cm³/mol. The van der Waals surface area contributed by atoms with Crippen molar-refractivity contribution in [2.75, 3.05) is 0 Å². The van der Waals surface area contributed by atoms with Gasteiger partial charge in [0.2, 0.25) is 0 Å². The third-order valence-electron chi connectivity index (χ3n) is 1.05. The molecule has 1 heterocycles. The van der Waals surface area contributed by atoms with Gasteiger partial charge in [-0.15, -0.1) is 0 Å². The number of carbonyl (C=O) groups is 1. The Morgan fingerprint density at radius 3 is 2.91 bits per heavy atom. The van der Waals surface area contributed by atoms with Crippen molar-refractivity contribution in [1.82, 2.24) is 4.98 Å². The van der Waals surface area contributed by atoms with Gasteiger partial charge in [-0.25, -0.2) is 9.37 Å². The third kappa shape index (κ3) is 1.58. The molecule has 0 saturated carbocycles. The van der Waals surface area contributed by atoms with Gasteiger partial charge in [-0.3, -0.25) is 4.79 Å². The summed E-state index contributed by atoms with van der Waals surface area (Å²) in [5.74, 6) is -0.626. The van der Waals surface area contributed by atoms with E-state index in [2.05, 4.69) is 4.98 Å². The van der Waals surface area contributed by atoms with E-state index in [1.807, 2.05) is 0 Å². The van der Waals surface area contributed by atoms with E-state index in [9.17, 15) is 9.18 Å². The Labute approximate surface area is 62.1 Å². The number of nitriles is 1. The van der Waals surface area contributed by atoms with Crippen molar-refractivity contribution < 1.29 is 9.18 Å². The van der Waals surface area contributed by atoms with Crippen molar-refractivity contribution in [1.29, 1.82) is 5.26 Å². The zero-order chi connectivity index (χ0) is 8.27. The molecule has 0 aliphatic carbocycles. The summed E-state index contributed by atoms with van der Waals surface area (Å²) in [5.41, 5.74) is -0.159. The SMILES string of the molecule is N#Cc1cc(F)cc(C=O)n1. The van der Waals surface area contributed by atoms with Crippen molar-refractivity contribution in [3.05, 3.63) is 29.3 Å². The highest BCUT2D eigenvalue weighted by atomic mass is 19.1. The first kappa shape index (κ1) is 7.35. The van der Waals surface area contributed by atoms with E-state index >= 15 is 0 Å². The highest BCUT2D eigenvalue weighted by molar-refractivity contribution is 5.71. The molecule has 0 aliphatic rings. The van der Waals surface area contributed by atoms with Crippen LogP contribution in [0.3, 0.4) is 0 Å². The average molecular weight is 150 g/mol. The first-order chi connectivity index (χ1) is 5.26. The maximum absolute atomic E-state index is 12.5. The fraction of sp³-hybridized carbons (Fsp3) is 0. The summed E-state index contributed by atoms with van der Waals surface area (Å²) in [6, 6.07) is 3.56. The molecule has 0 saturated heterocycles. The summed E-state index contributed by atoms with van der Waals surface area (Å²) in [6.07, 6.45) is 0.393. The molecule has 0 fully saturated rings. The van der Waals surface area contributed by atoms with Crippen LogP contribution in [0.5, 0.6) is 0 Å². The summed E-state index contributed by atoms with van der Waals surface area (Å²) in [4.78, 5) is 13.6. The number of carbonyl (C=O) groups excluding carboxylic acids is 1. The van der Waals surface area contributed by atoms with Gasteiger partial charge in [0.25, 0.3) is 0 Å². The van der Waals surface area contributed by atoms with Gasteiger partial charge in [0.1, 0.15) is 23.3 Å². The molecule has 0 aliphatic heterocycles. The molecule has 1 aromatic rings. The van der Waals surface area contributed by atoms with Gasteiger partial charge in [-0.05, 0) is 0 Å². The van der Waals surface area contributed by atoms with Crippen molar-refractivity contribution >= 4 is 6.29 Å². The minimum absolute atomic E-state index is 0.0680. The molecule has 0 bridgehead atoms. The number of hydrogen-bond acceptors (Lipinski definition) is 3. The zero-order valence-electron chi connectivity index (χ0n) is 5.41. The van der Waals surface area contributed by atoms with Gasteiger partial charge in [0, 0.05) is 12.1 Å². The standard InChI is InChI=1S/C7H3FN2O/c8-5-1-6(3-9)10-7(2-5)4-11/h1-2,4H. The maximum Gasteiger partial charge on any atom is 0.168 e. The highest BCUT2D eigenvalue weighted by Gasteiger charge is 1.99. The molecule has 0 amide bonds. The van der Waals surface area contributed by atoms with Crippen LogP contribution in [-0.4, -0.2) is 11.3 Å². The van der Waals surface area contributed by atoms with Crippen molar-refractivity contribution in [2.24, 2.45) is 0 Å². The Bertz CT molecular complexity index is 330. The monoisotopic (exact) mass is 150 g/mol. The second-order valence-corrected chi connectivity index (χ2v) is 1.83. The van der Waals surface area contributed by atoms with Crippen LogP contribution < -0.4 is 0 Å². The Morgan fingerprint density at radius 1 is 1.64 bits per heavy atom. The second kappa shape index (κ2) is 2.88. The summed E-state index contributed by atoms with van der Waals surface area (Å²) in [6.45, 7) is 0. The molecule has 0 aromatic carbocycles. The largest absolute Gasteiger partial charge is 0.296 e. The number of halogens is 1. The van der Waals surface area contributed by atoms with Crippen LogP contribution in [0.15, 0.2) is 12.1 Å². The lowest BCUT2D eigenvalue weighted by atomic mass is 10.3. The molecule has 0 spiro atoms. The summed E-state index contributed by atoms with van der Waals surface area (Å²) < 4.78 is 12.5. The van der Waals surface area contributed by atoms with E-state index in [4.69, 9.17) is 5.26 Å². The van der Waals surface area contributed by atoms with E-state index in [0.29, 0.717) is 6.29 Å². The molecule has 1 rings (SSSR count). The predicted octanol–water partition coefficient (Wildman–Crippen LogP) is 0.905. The second-order valence-electron chi connectivity index (χ2n) is 1.83. The molecule has 11 heavy (non-hydrogen) atoms. The minimum atomic E-state index is -0.626. The normalized spacial score (nSPS) is 8.73. The van der Waals surface area contributed by atoms with Gasteiger partial charge in [-0.2, -0.15) is 5.26 Å². The summed E-state index contributed by atoms with van der Waals surface area (Å²) in [5, 5.41) is 8.29. The van der Waals surface area contributed by atoms with E-state index in [-0.39, 0.29) is 11.4 Å². The number of aromatic nitrogens is 1. The van der Waals surface area contributed by atoms with Crippen LogP contribution >= 0.6 is 0 Å². The minimum Gasteiger partial charge on any atom is -0.296 e. The molecule has 0 unspecified atom stereocenters. The van der Waals surface area contributed by atoms with Gasteiger partial charge in [-0.1, -0.05) is 0 Å². The molecule has 0 atom stereocenters. The Hall–Kier alpha value is -1.76. The molecule has 4 heteroatoms. The van der Waals surface area contributed by atoms with Crippen LogP contribution in [0, 0.1) is 17.1 Å². The van der Waals surface area contributed by atoms with Gasteiger partial charge >= 0.3 is 0 Å². The van der Waals surface area contributed by atoms with E-state index in [1.165, 1.54) is 0 Å². The molecule has 54 valence electrons. The number of nitrogens with zero attached hydrogens (tertiary/aromatic N) is 2. The molecule has 0 radical (unpaired) electrons. The van der Waals surface area contributed by atoms with Crippen molar-refractivity contribution in [3.8, 4) is 6.07 Å². The Morgan fingerprint density at radius 2 is 2.36 bits per heavy atom. The third-order valence-corrected chi connectivity index (χ3v) is 1.05. The van der Waals surface area contributed by atoms with Crippen LogP contribution in [0.4, 0.5) is 4.39 Å². The van der Waals surface area contributed by atoms with Gasteiger partial charge < -0.3 is 0 Å². The Balaban J connectivity index is 3.25. The average Bonchev–Trinajstić information content (AvgIpc) is 2.03. The van der Waals surface area contributed by atoms with Crippen LogP contribution in [0.2, 0.25) is 0 Å².